The Balaban J connectivity index is 1.55. The monoisotopic (exact) mass is 284 g/mol. The maximum absolute atomic E-state index is 12.0. The summed E-state index contributed by atoms with van der Waals surface area (Å²) in [5.74, 6) is 1.25. The van der Waals surface area contributed by atoms with Gasteiger partial charge in [0, 0.05) is 31.2 Å². The number of nitrogens with zero attached hydrogens (tertiary/aromatic N) is 3. The molecule has 0 radical (unpaired) electrons. The van der Waals surface area contributed by atoms with Crippen LogP contribution in [0.3, 0.4) is 0 Å². The summed E-state index contributed by atoms with van der Waals surface area (Å²) in [6.45, 7) is 1.67. The molecule has 1 aliphatic heterocycles. The Morgan fingerprint density at radius 2 is 2.10 bits per heavy atom. The molecule has 0 aromatic carbocycles. The Labute approximate surface area is 125 Å². The van der Waals surface area contributed by atoms with Gasteiger partial charge in [-0.25, -0.2) is 4.98 Å². The smallest absolute Gasteiger partial charge is 0.223 e. The molecule has 1 amide bonds. The van der Waals surface area contributed by atoms with E-state index in [-0.39, 0.29) is 17.9 Å². The first-order valence-electron chi connectivity index (χ1n) is 7.68. The first-order chi connectivity index (χ1) is 10.3. The lowest BCUT2D eigenvalue weighted by Gasteiger charge is -2.35. The summed E-state index contributed by atoms with van der Waals surface area (Å²) in [6, 6.07) is 6.04. The number of nitrogens with one attached hydrogen (secondary N) is 1. The second-order valence-electron chi connectivity index (χ2n) is 5.88. The van der Waals surface area contributed by atoms with Gasteiger partial charge in [-0.2, -0.15) is 5.26 Å². The lowest BCUT2D eigenvalue weighted by Crippen LogP contribution is -2.47. The van der Waals surface area contributed by atoms with Crippen LogP contribution in [0.5, 0.6) is 0 Å². The van der Waals surface area contributed by atoms with Crippen LogP contribution in [0, 0.1) is 17.2 Å². The highest BCUT2D eigenvalue weighted by molar-refractivity contribution is 5.79. The Bertz CT molecular complexity index is 554. The van der Waals surface area contributed by atoms with Crippen LogP contribution >= 0.6 is 0 Å². The molecule has 2 fully saturated rings. The Morgan fingerprint density at radius 3 is 2.71 bits per heavy atom. The predicted molar refractivity (Wildman–Crippen MR) is 79.7 cm³/mol. The number of nitriles is 1. The zero-order valence-electron chi connectivity index (χ0n) is 12.1. The number of hydrogen-bond acceptors (Lipinski definition) is 4. The molecule has 0 spiro atoms. The molecule has 1 aromatic heterocycles. The van der Waals surface area contributed by atoms with Gasteiger partial charge >= 0.3 is 0 Å². The number of carbonyl (C=O) groups is 1. The van der Waals surface area contributed by atoms with Crippen molar-refractivity contribution in [2.75, 3.05) is 18.0 Å². The highest BCUT2D eigenvalue weighted by Gasteiger charge is 2.28. The molecule has 1 aromatic rings. The van der Waals surface area contributed by atoms with E-state index in [1.165, 1.54) is 6.42 Å². The second kappa shape index (κ2) is 6.13. The molecule has 1 saturated heterocycles. The van der Waals surface area contributed by atoms with Crippen molar-refractivity contribution in [1.29, 1.82) is 5.26 Å². The van der Waals surface area contributed by atoms with Gasteiger partial charge in [-0.3, -0.25) is 4.79 Å². The fourth-order valence-corrected chi connectivity index (χ4v) is 2.96. The summed E-state index contributed by atoms with van der Waals surface area (Å²) in [7, 11) is 0. The quantitative estimate of drug-likeness (QED) is 0.919. The van der Waals surface area contributed by atoms with Gasteiger partial charge in [-0.1, -0.05) is 6.42 Å². The summed E-state index contributed by atoms with van der Waals surface area (Å²) < 4.78 is 0. The molecule has 0 unspecified atom stereocenters. The number of piperidine rings is 1. The molecule has 2 heterocycles. The van der Waals surface area contributed by atoms with Gasteiger partial charge in [0.1, 0.15) is 11.9 Å². The van der Waals surface area contributed by atoms with Crippen LogP contribution in [-0.4, -0.2) is 30.0 Å². The van der Waals surface area contributed by atoms with Crippen molar-refractivity contribution >= 4 is 11.7 Å². The standard InChI is InChI=1S/C16H20N4O/c17-11-13-5-2-8-18-15(13)20-9-6-14(7-10-20)19-16(21)12-3-1-4-12/h2,5,8,12,14H,1,3-4,6-7,9-10H2,(H,19,21). The molecular formula is C16H20N4O. The number of carbonyl (C=O) groups excluding carboxylic acids is 1. The maximum atomic E-state index is 12.0. The van der Waals surface area contributed by atoms with Gasteiger partial charge in [-0.15, -0.1) is 0 Å². The molecule has 2 aliphatic rings. The fourth-order valence-electron chi connectivity index (χ4n) is 2.96. The number of pyridine rings is 1. The van der Waals surface area contributed by atoms with E-state index in [1.807, 2.05) is 0 Å². The fraction of sp³-hybridized carbons (Fsp3) is 0.562. The topological polar surface area (TPSA) is 69.0 Å². The molecule has 5 nitrogen and oxygen atoms in total. The highest BCUT2D eigenvalue weighted by Crippen LogP contribution is 2.27. The molecule has 0 bridgehead atoms. The highest BCUT2D eigenvalue weighted by atomic mass is 16.2. The molecule has 1 saturated carbocycles. The number of rotatable bonds is 3. The van der Waals surface area contributed by atoms with Crippen LogP contribution in [0.25, 0.3) is 0 Å². The molecular weight excluding hydrogens is 264 g/mol. The van der Waals surface area contributed by atoms with E-state index in [0.717, 1.165) is 44.6 Å². The third kappa shape index (κ3) is 2.99. The van der Waals surface area contributed by atoms with Crippen molar-refractivity contribution in [3.8, 4) is 6.07 Å². The minimum atomic E-state index is 0.232. The average molecular weight is 284 g/mol. The van der Waals surface area contributed by atoms with Crippen LogP contribution in [0.4, 0.5) is 5.82 Å². The first-order valence-corrected chi connectivity index (χ1v) is 7.68. The van der Waals surface area contributed by atoms with Crippen LogP contribution in [0.15, 0.2) is 18.3 Å². The van der Waals surface area contributed by atoms with Crippen LogP contribution in [0.1, 0.15) is 37.7 Å². The molecule has 1 aliphatic carbocycles. The number of anilines is 1. The van der Waals surface area contributed by atoms with Crippen molar-refractivity contribution in [3.63, 3.8) is 0 Å². The lowest BCUT2D eigenvalue weighted by molar-refractivity contribution is -0.128. The van der Waals surface area contributed by atoms with Crippen molar-refractivity contribution < 1.29 is 4.79 Å². The molecule has 110 valence electrons. The van der Waals surface area contributed by atoms with Crippen molar-refractivity contribution in [2.45, 2.75) is 38.1 Å². The summed E-state index contributed by atoms with van der Waals surface area (Å²) in [6.07, 6.45) is 6.84. The number of hydrogen-bond donors (Lipinski definition) is 1. The molecule has 5 heteroatoms. The number of aromatic nitrogens is 1. The van der Waals surface area contributed by atoms with E-state index in [0.29, 0.717) is 5.56 Å². The zero-order chi connectivity index (χ0) is 14.7. The van der Waals surface area contributed by atoms with Crippen molar-refractivity contribution in [3.05, 3.63) is 23.9 Å². The van der Waals surface area contributed by atoms with E-state index in [9.17, 15) is 4.79 Å². The summed E-state index contributed by atoms with van der Waals surface area (Å²) in [5.41, 5.74) is 0.620. The van der Waals surface area contributed by atoms with E-state index in [1.54, 1.807) is 18.3 Å². The molecule has 3 rings (SSSR count). The average Bonchev–Trinajstić information content (AvgIpc) is 2.46. The van der Waals surface area contributed by atoms with E-state index in [4.69, 9.17) is 5.26 Å². The normalized spacial score (nSPS) is 19.7. The SMILES string of the molecule is N#Cc1cccnc1N1CCC(NC(=O)C2CCC2)CC1. The van der Waals surface area contributed by atoms with Gasteiger partial charge < -0.3 is 10.2 Å². The Morgan fingerprint density at radius 1 is 1.33 bits per heavy atom. The molecule has 21 heavy (non-hydrogen) atoms. The van der Waals surface area contributed by atoms with Gasteiger partial charge in [0.2, 0.25) is 5.91 Å². The Hall–Kier alpha value is -2.09. The predicted octanol–water partition coefficient (Wildman–Crippen LogP) is 1.84. The third-order valence-electron chi connectivity index (χ3n) is 4.52. The third-order valence-corrected chi connectivity index (χ3v) is 4.52. The maximum Gasteiger partial charge on any atom is 0.223 e. The van der Waals surface area contributed by atoms with E-state index < -0.39 is 0 Å². The number of amides is 1. The summed E-state index contributed by atoms with van der Waals surface area (Å²) in [4.78, 5) is 18.4. The van der Waals surface area contributed by atoms with Gasteiger partial charge in [0.15, 0.2) is 0 Å². The Kier molecular flexibility index (Phi) is 4.05. The van der Waals surface area contributed by atoms with Gasteiger partial charge in [-0.05, 0) is 37.8 Å². The minimum Gasteiger partial charge on any atom is -0.355 e. The lowest BCUT2D eigenvalue weighted by atomic mass is 9.84. The molecule has 1 N–H and O–H groups in total. The zero-order valence-corrected chi connectivity index (χ0v) is 12.1. The van der Waals surface area contributed by atoms with Crippen molar-refractivity contribution in [2.24, 2.45) is 5.92 Å². The van der Waals surface area contributed by atoms with Gasteiger partial charge in [0.05, 0.1) is 5.56 Å². The first kappa shape index (κ1) is 13.9. The molecule has 0 atom stereocenters. The second-order valence-corrected chi connectivity index (χ2v) is 5.88. The van der Waals surface area contributed by atoms with Gasteiger partial charge in [0.25, 0.3) is 0 Å². The van der Waals surface area contributed by atoms with Crippen LogP contribution < -0.4 is 10.2 Å². The van der Waals surface area contributed by atoms with Crippen molar-refractivity contribution in [1.82, 2.24) is 10.3 Å². The van der Waals surface area contributed by atoms with E-state index in [2.05, 4.69) is 21.3 Å². The van der Waals surface area contributed by atoms with Crippen LogP contribution in [-0.2, 0) is 4.79 Å². The van der Waals surface area contributed by atoms with Crippen LogP contribution in [0.2, 0.25) is 0 Å². The van der Waals surface area contributed by atoms with E-state index >= 15 is 0 Å². The summed E-state index contributed by atoms with van der Waals surface area (Å²) in [5, 5.41) is 12.3. The minimum absolute atomic E-state index is 0.232. The largest absolute Gasteiger partial charge is 0.355 e. The summed E-state index contributed by atoms with van der Waals surface area (Å²) >= 11 is 0.